The molecule has 3 N–H and O–H groups in total. The Morgan fingerprint density at radius 3 is 2.76 bits per heavy atom. The fraction of sp³-hybridized carbons (Fsp3) is 0.391. The minimum Gasteiger partial charge on any atom is -0.453 e. The van der Waals surface area contributed by atoms with Gasteiger partial charge in [-0.1, -0.05) is 11.6 Å². The number of alkyl carbamates (subject to hydrolysis) is 1. The quantitative estimate of drug-likeness (QED) is 0.437. The lowest BCUT2D eigenvalue weighted by molar-refractivity contribution is 0.150. The van der Waals surface area contributed by atoms with Gasteiger partial charge in [0.05, 0.1) is 53.9 Å². The van der Waals surface area contributed by atoms with Gasteiger partial charge in [0.15, 0.2) is 17.2 Å². The summed E-state index contributed by atoms with van der Waals surface area (Å²) in [6.45, 7) is 0.350. The minimum atomic E-state index is -1.38. The highest BCUT2D eigenvalue weighted by Gasteiger charge is 2.32. The fourth-order valence-electron chi connectivity index (χ4n) is 4.14. The van der Waals surface area contributed by atoms with Gasteiger partial charge in [-0.25, -0.2) is 14.2 Å². The smallest absolute Gasteiger partial charge is 0.407 e. The molecule has 5 rings (SSSR count). The predicted octanol–water partition coefficient (Wildman–Crippen LogP) is 3.11. The molecule has 2 fully saturated rings. The summed E-state index contributed by atoms with van der Waals surface area (Å²) in [6, 6.07) is 6.86. The van der Waals surface area contributed by atoms with E-state index < -0.39 is 18.3 Å². The Balaban J connectivity index is 1.45. The van der Waals surface area contributed by atoms with E-state index in [1.165, 1.54) is 17.8 Å². The number of benzene rings is 1. The number of fused-ring (bicyclic) bond motifs is 1. The number of nitrogens with one attached hydrogen (secondary N) is 3. The Morgan fingerprint density at radius 2 is 2.08 bits per heavy atom. The number of carbonyl (C=O) groups excluding carboxylic acids is 1. The fourth-order valence-corrected chi connectivity index (χ4v) is 4.42. The molecular weight excluding hydrogens is 503 g/mol. The van der Waals surface area contributed by atoms with Gasteiger partial charge in [-0.15, -0.1) is 5.10 Å². The highest BCUT2D eigenvalue weighted by Crippen LogP contribution is 2.37. The first kappa shape index (κ1) is 24.3. The molecule has 0 radical (unpaired) electrons. The van der Waals surface area contributed by atoms with Crippen LogP contribution in [0.25, 0.3) is 5.65 Å². The molecule has 1 saturated carbocycles. The first-order valence-electron chi connectivity index (χ1n) is 11.6. The van der Waals surface area contributed by atoms with Crippen molar-refractivity contribution in [2.24, 2.45) is 0 Å². The van der Waals surface area contributed by atoms with Crippen LogP contribution in [0.1, 0.15) is 30.5 Å². The molecule has 190 valence electrons. The summed E-state index contributed by atoms with van der Waals surface area (Å²) in [5, 5.41) is 32.6. The van der Waals surface area contributed by atoms with Crippen molar-refractivity contribution in [1.29, 1.82) is 10.5 Å². The number of imidazole rings is 1. The van der Waals surface area contributed by atoms with Gasteiger partial charge in [0.25, 0.3) is 0 Å². The average molecular weight is 525 g/mol. The van der Waals surface area contributed by atoms with Crippen LogP contribution >= 0.6 is 11.6 Å². The van der Waals surface area contributed by atoms with Crippen molar-refractivity contribution in [3.63, 3.8) is 0 Å². The van der Waals surface area contributed by atoms with E-state index in [4.69, 9.17) is 11.6 Å². The first-order chi connectivity index (χ1) is 17.9. The number of aromatic nitrogens is 4. The number of rotatable bonds is 6. The topological polar surface area (TPSA) is 156 Å². The lowest BCUT2D eigenvalue weighted by Gasteiger charge is -2.36. The SMILES string of the molecule is COC(=O)N[C@H]1CCN(c2cc(C#N)cc(Nc3nc(NC4CC4)c4ncc(C#N)n4n3)c2Cl)C[C@H]1F. The third-order valence-electron chi connectivity index (χ3n) is 6.19. The number of nitrogens with zero attached hydrogens (tertiary/aromatic N) is 7. The third kappa shape index (κ3) is 4.99. The second kappa shape index (κ2) is 9.95. The molecule has 0 unspecified atom stereocenters. The number of piperidine rings is 1. The molecule has 0 spiro atoms. The van der Waals surface area contributed by atoms with Crippen LogP contribution in [0.5, 0.6) is 0 Å². The zero-order valence-electron chi connectivity index (χ0n) is 19.7. The number of nitriles is 2. The van der Waals surface area contributed by atoms with Gasteiger partial charge in [0.2, 0.25) is 5.95 Å². The zero-order valence-corrected chi connectivity index (χ0v) is 20.5. The highest BCUT2D eigenvalue weighted by atomic mass is 35.5. The summed E-state index contributed by atoms with van der Waals surface area (Å²) in [5.41, 5.74) is 1.75. The van der Waals surface area contributed by atoms with Gasteiger partial charge in [-0.2, -0.15) is 20.0 Å². The van der Waals surface area contributed by atoms with E-state index in [-0.39, 0.29) is 29.3 Å². The maximum absolute atomic E-state index is 14.9. The van der Waals surface area contributed by atoms with Crippen LogP contribution in [0.15, 0.2) is 18.3 Å². The van der Waals surface area contributed by atoms with Gasteiger partial charge in [-0.05, 0) is 31.4 Å². The summed E-state index contributed by atoms with van der Waals surface area (Å²) < 4.78 is 20.8. The molecule has 12 nitrogen and oxygen atoms in total. The van der Waals surface area contributed by atoms with Gasteiger partial charge >= 0.3 is 6.09 Å². The summed E-state index contributed by atoms with van der Waals surface area (Å²) in [5.74, 6) is 0.604. The number of carbonyl (C=O) groups is 1. The van der Waals surface area contributed by atoms with Crippen LogP contribution in [-0.2, 0) is 4.74 Å². The Hall–Kier alpha value is -4.36. The van der Waals surface area contributed by atoms with Crippen LogP contribution in [0.3, 0.4) is 0 Å². The summed E-state index contributed by atoms with van der Waals surface area (Å²) >= 11 is 6.73. The van der Waals surface area contributed by atoms with E-state index in [9.17, 15) is 19.7 Å². The van der Waals surface area contributed by atoms with E-state index in [0.29, 0.717) is 41.4 Å². The monoisotopic (exact) mass is 524 g/mol. The highest BCUT2D eigenvalue weighted by molar-refractivity contribution is 6.36. The van der Waals surface area contributed by atoms with E-state index in [1.54, 1.807) is 17.0 Å². The van der Waals surface area contributed by atoms with Crippen molar-refractivity contribution in [3.8, 4) is 12.1 Å². The Morgan fingerprint density at radius 1 is 1.27 bits per heavy atom. The number of ether oxygens (including phenoxy) is 1. The summed E-state index contributed by atoms with van der Waals surface area (Å²) in [7, 11) is 1.22. The van der Waals surface area contributed by atoms with E-state index in [1.807, 2.05) is 0 Å². The zero-order chi connectivity index (χ0) is 26.1. The van der Waals surface area contributed by atoms with Crippen molar-refractivity contribution in [2.45, 2.75) is 37.5 Å². The largest absolute Gasteiger partial charge is 0.453 e. The molecule has 3 aromatic rings. The second-order valence-corrected chi connectivity index (χ2v) is 9.16. The van der Waals surface area contributed by atoms with Crippen LogP contribution < -0.4 is 20.9 Å². The Bertz CT molecular complexity index is 1440. The van der Waals surface area contributed by atoms with E-state index in [0.717, 1.165) is 12.8 Å². The molecule has 3 heterocycles. The maximum Gasteiger partial charge on any atom is 0.407 e. The lowest BCUT2D eigenvalue weighted by atomic mass is 10.0. The number of alkyl halides is 1. The number of hydrogen-bond donors (Lipinski definition) is 3. The summed E-state index contributed by atoms with van der Waals surface area (Å²) in [4.78, 5) is 22.0. The molecule has 2 atom stereocenters. The summed E-state index contributed by atoms with van der Waals surface area (Å²) in [6.07, 6.45) is 1.68. The van der Waals surface area contributed by atoms with Gasteiger partial charge in [-0.3, -0.25) is 0 Å². The Labute approximate surface area is 216 Å². The van der Waals surface area contributed by atoms with Gasteiger partial charge < -0.3 is 25.6 Å². The maximum atomic E-state index is 14.9. The molecular formula is C23H22ClFN10O2. The molecule has 1 aromatic carbocycles. The second-order valence-electron chi connectivity index (χ2n) is 8.78. The molecule has 2 aromatic heterocycles. The number of amides is 1. The molecule has 14 heteroatoms. The number of hydrogen-bond acceptors (Lipinski definition) is 10. The average Bonchev–Trinajstić information content (AvgIpc) is 3.62. The van der Waals surface area contributed by atoms with Gasteiger partial charge in [0, 0.05) is 12.6 Å². The van der Waals surface area contributed by atoms with Crippen molar-refractivity contribution in [1.82, 2.24) is 24.9 Å². The van der Waals surface area contributed by atoms with Crippen molar-refractivity contribution < 1.29 is 13.9 Å². The standard InChI is InChI=1S/C23H22ClFN10O2/c1-37-23(36)31-16-4-5-34(11-15(16)25)18-7-12(8-26)6-17(19(18)24)30-22-32-20(29-13-2-3-13)21-28-10-14(9-27)35(21)33-22/h6-7,10,13,15-16H,2-5,11H2,1H3,(H,31,36)(H2,29,30,32,33)/t15-,16+/m1/s1. The predicted molar refractivity (Wildman–Crippen MR) is 133 cm³/mol. The molecule has 1 aliphatic heterocycles. The molecule has 37 heavy (non-hydrogen) atoms. The normalized spacial score (nSPS) is 19.1. The molecule has 1 amide bonds. The van der Waals surface area contributed by atoms with Crippen LogP contribution in [0.2, 0.25) is 5.02 Å². The van der Waals surface area contributed by atoms with Crippen LogP contribution in [0.4, 0.5) is 32.3 Å². The molecule has 1 aliphatic carbocycles. The van der Waals surface area contributed by atoms with E-state index >= 15 is 0 Å². The van der Waals surface area contributed by atoms with Crippen LogP contribution in [-0.4, -0.2) is 64.1 Å². The van der Waals surface area contributed by atoms with Crippen molar-refractivity contribution in [2.75, 3.05) is 35.7 Å². The Kier molecular flexibility index (Phi) is 6.54. The molecule has 0 bridgehead atoms. The number of halogens is 2. The van der Waals surface area contributed by atoms with Gasteiger partial charge in [0.1, 0.15) is 12.2 Å². The number of anilines is 4. The third-order valence-corrected chi connectivity index (χ3v) is 6.59. The minimum absolute atomic E-state index is 0.0405. The molecule has 2 aliphatic rings. The van der Waals surface area contributed by atoms with E-state index in [2.05, 4.69) is 47.9 Å². The molecule has 1 saturated heterocycles. The first-order valence-corrected chi connectivity index (χ1v) is 11.9. The van der Waals surface area contributed by atoms with Crippen molar-refractivity contribution >= 4 is 46.5 Å². The van der Waals surface area contributed by atoms with Crippen molar-refractivity contribution in [3.05, 3.63) is 34.6 Å². The van der Waals surface area contributed by atoms with Crippen LogP contribution in [0, 0.1) is 22.7 Å². The lowest BCUT2D eigenvalue weighted by Crippen LogP contribution is -2.52. The number of methoxy groups -OCH3 is 1.